The lowest BCUT2D eigenvalue weighted by Gasteiger charge is -1.96. The molecule has 0 spiro atoms. The third-order valence-corrected chi connectivity index (χ3v) is 1.55. The molecule has 0 unspecified atom stereocenters. The molecular formula is C11H11N. The second-order valence-electron chi connectivity index (χ2n) is 2.37. The summed E-state index contributed by atoms with van der Waals surface area (Å²) >= 11 is 0. The van der Waals surface area contributed by atoms with Crippen LogP contribution in [0, 0.1) is 12.3 Å². The van der Waals surface area contributed by atoms with Crippen LogP contribution in [0.2, 0.25) is 0 Å². The zero-order valence-corrected chi connectivity index (χ0v) is 6.83. The van der Waals surface area contributed by atoms with Crippen LogP contribution in [-0.2, 0) is 0 Å². The van der Waals surface area contributed by atoms with Crippen molar-refractivity contribution in [2.75, 3.05) is 6.54 Å². The van der Waals surface area contributed by atoms with E-state index in [0.29, 0.717) is 6.54 Å². The van der Waals surface area contributed by atoms with Gasteiger partial charge in [-0.05, 0) is 11.6 Å². The molecule has 1 rings (SSSR count). The van der Waals surface area contributed by atoms with Gasteiger partial charge in [-0.2, -0.15) is 0 Å². The highest BCUT2D eigenvalue weighted by Crippen LogP contribution is 2.08. The number of nitrogens with two attached hydrogens (primary N) is 1. The largest absolute Gasteiger partial charge is 0.327 e. The van der Waals surface area contributed by atoms with Crippen LogP contribution in [0.5, 0.6) is 0 Å². The van der Waals surface area contributed by atoms with Crippen LogP contribution >= 0.6 is 0 Å². The zero-order valence-electron chi connectivity index (χ0n) is 6.83. The third-order valence-electron chi connectivity index (χ3n) is 1.55. The molecule has 0 aromatic heterocycles. The Labute approximate surface area is 72.9 Å². The number of terminal acetylenes is 1. The van der Waals surface area contributed by atoms with E-state index in [1.54, 1.807) is 0 Å². The molecule has 0 saturated carbocycles. The monoisotopic (exact) mass is 157 g/mol. The van der Waals surface area contributed by atoms with Gasteiger partial charge in [0.25, 0.3) is 0 Å². The normalized spacial score (nSPS) is 10.0. The molecule has 2 N–H and O–H groups in total. The summed E-state index contributed by atoms with van der Waals surface area (Å²) in [6.45, 7) is 0.541. The van der Waals surface area contributed by atoms with Gasteiger partial charge in [0.1, 0.15) is 0 Å². The van der Waals surface area contributed by atoms with Crippen LogP contribution in [0.1, 0.15) is 11.1 Å². The number of benzene rings is 1. The van der Waals surface area contributed by atoms with E-state index in [4.69, 9.17) is 12.2 Å². The van der Waals surface area contributed by atoms with Crippen LogP contribution in [0.3, 0.4) is 0 Å². The van der Waals surface area contributed by atoms with Gasteiger partial charge in [0.05, 0.1) is 0 Å². The predicted molar refractivity (Wildman–Crippen MR) is 52.5 cm³/mol. The first-order valence-electron chi connectivity index (χ1n) is 3.80. The van der Waals surface area contributed by atoms with E-state index >= 15 is 0 Å². The fraction of sp³-hybridized carbons (Fsp3) is 0.0909. The Morgan fingerprint density at radius 2 is 2.17 bits per heavy atom. The highest BCUT2D eigenvalue weighted by atomic mass is 14.5. The van der Waals surface area contributed by atoms with Crippen molar-refractivity contribution in [1.29, 1.82) is 0 Å². The average Bonchev–Trinajstić information content (AvgIpc) is 2.15. The summed E-state index contributed by atoms with van der Waals surface area (Å²) in [7, 11) is 0. The summed E-state index contributed by atoms with van der Waals surface area (Å²) in [4.78, 5) is 0. The molecular weight excluding hydrogens is 146 g/mol. The Bertz CT molecular complexity index is 318. The van der Waals surface area contributed by atoms with Crippen molar-refractivity contribution in [2.45, 2.75) is 0 Å². The van der Waals surface area contributed by atoms with Gasteiger partial charge in [0.15, 0.2) is 0 Å². The Morgan fingerprint density at radius 1 is 1.42 bits per heavy atom. The van der Waals surface area contributed by atoms with Crippen LogP contribution in [0.15, 0.2) is 30.3 Å². The van der Waals surface area contributed by atoms with E-state index in [9.17, 15) is 0 Å². The second kappa shape index (κ2) is 4.38. The molecule has 0 aliphatic carbocycles. The topological polar surface area (TPSA) is 26.0 Å². The van der Waals surface area contributed by atoms with Crippen molar-refractivity contribution >= 4 is 6.08 Å². The third kappa shape index (κ3) is 1.98. The summed E-state index contributed by atoms with van der Waals surface area (Å²) in [5, 5.41) is 0. The first-order chi connectivity index (χ1) is 5.88. The first-order valence-corrected chi connectivity index (χ1v) is 3.80. The van der Waals surface area contributed by atoms with Crippen molar-refractivity contribution in [3.05, 3.63) is 41.5 Å². The molecule has 1 aromatic carbocycles. The molecule has 0 bridgehead atoms. The van der Waals surface area contributed by atoms with Gasteiger partial charge in [-0.15, -0.1) is 6.42 Å². The lowest BCUT2D eigenvalue weighted by Crippen LogP contribution is -1.92. The lowest BCUT2D eigenvalue weighted by molar-refractivity contribution is 1.26. The van der Waals surface area contributed by atoms with Gasteiger partial charge >= 0.3 is 0 Å². The quantitative estimate of drug-likeness (QED) is 0.649. The van der Waals surface area contributed by atoms with E-state index in [-0.39, 0.29) is 0 Å². The van der Waals surface area contributed by atoms with Crippen molar-refractivity contribution in [3.63, 3.8) is 0 Å². The zero-order chi connectivity index (χ0) is 8.81. The van der Waals surface area contributed by atoms with Gasteiger partial charge in [-0.25, -0.2) is 0 Å². The Hall–Kier alpha value is -1.52. The maximum Gasteiger partial charge on any atom is 0.0314 e. The highest BCUT2D eigenvalue weighted by molar-refractivity contribution is 5.58. The van der Waals surface area contributed by atoms with Gasteiger partial charge in [-0.1, -0.05) is 36.3 Å². The van der Waals surface area contributed by atoms with E-state index in [2.05, 4.69) is 5.92 Å². The van der Waals surface area contributed by atoms with Gasteiger partial charge in [-0.3, -0.25) is 0 Å². The van der Waals surface area contributed by atoms with Crippen LogP contribution in [-0.4, -0.2) is 6.54 Å². The summed E-state index contributed by atoms with van der Waals surface area (Å²) in [6.07, 6.45) is 9.13. The first kappa shape index (κ1) is 8.58. The minimum absolute atomic E-state index is 0.541. The second-order valence-corrected chi connectivity index (χ2v) is 2.37. The van der Waals surface area contributed by atoms with Gasteiger partial charge in [0, 0.05) is 12.1 Å². The molecule has 1 aromatic rings. The maximum atomic E-state index is 5.33. The predicted octanol–water partition coefficient (Wildman–Crippen LogP) is 1.64. The standard InChI is InChI=1S/C11H11N/c1-2-10-6-3-4-7-11(10)8-5-9-12/h1,3-8H,9,12H2. The van der Waals surface area contributed by atoms with Gasteiger partial charge < -0.3 is 5.73 Å². The fourth-order valence-electron chi connectivity index (χ4n) is 0.969. The highest BCUT2D eigenvalue weighted by Gasteiger charge is 1.91. The molecule has 0 aliphatic rings. The molecule has 1 heteroatoms. The number of hydrogen-bond donors (Lipinski definition) is 1. The Balaban J connectivity index is 2.99. The Morgan fingerprint density at radius 3 is 2.83 bits per heavy atom. The molecule has 0 atom stereocenters. The minimum Gasteiger partial charge on any atom is -0.327 e. The van der Waals surface area contributed by atoms with Crippen molar-refractivity contribution in [1.82, 2.24) is 0 Å². The molecule has 0 heterocycles. The molecule has 1 nitrogen and oxygen atoms in total. The van der Waals surface area contributed by atoms with E-state index in [1.807, 2.05) is 36.4 Å². The summed E-state index contributed by atoms with van der Waals surface area (Å²) in [6, 6.07) is 7.77. The number of rotatable bonds is 2. The van der Waals surface area contributed by atoms with E-state index in [1.165, 1.54) is 0 Å². The van der Waals surface area contributed by atoms with E-state index in [0.717, 1.165) is 11.1 Å². The average molecular weight is 157 g/mol. The summed E-state index contributed by atoms with van der Waals surface area (Å²) < 4.78 is 0. The maximum absolute atomic E-state index is 5.33. The van der Waals surface area contributed by atoms with Crippen molar-refractivity contribution < 1.29 is 0 Å². The molecule has 0 aliphatic heterocycles. The summed E-state index contributed by atoms with van der Waals surface area (Å²) in [5.41, 5.74) is 7.28. The number of hydrogen-bond acceptors (Lipinski definition) is 1. The molecule has 12 heavy (non-hydrogen) atoms. The molecule has 0 amide bonds. The fourth-order valence-corrected chi connectivity index (χ4v) is 0.969. The van der Waals surface area contributed by atoms with Crippen molar-refractivity contribution in [3.8, 4) is 12.3 Å². The summed E-state index contributed by atoms with van der Waals surface area (Å²) in [5.74, 6) is 2.61. The van der Waals surface area contributed by atoms with Crippen LogP contribution < -0.4 is 5.73 Å². The van der Waals surface area contributed by atoms with E-state index < -0.39 is 0 Å². The van der Waals surface area contributed by atoms with Crippen molar-refractivity contribution in [2.24, 2.45) is 5.73 Å². The van der Waals surface area contributed by atoms with Crippen LogP contribution in [0.25, 0.3) is 6.08 Å². The lowest BCUT2D eigenvalue weighted by atomic mass is 10.1. The van der Waals surface area contributed by atoms with Gasteiger partial charge in [0.2, 0.25) is 0 Å². The molecule has 0 fully saturated rings. The molecule has 0 saturated heterocycles. The smallest absolute Gasteiger partial charge is 0.0314 e. The molecule has 0 radical (unpaired) electrons. The van der Waals surface area contributed by atoms with Crippen LogP contribution in [0.4, 0.5) is 0 Å². The Kier molecular flexibility index (Phi) is 3.13. The minimum atomic E-state index is 0.541. The SMILES string of the molecule is C#Cc1ccccc1C=CCN. The molecule has 60 valence electrons.